The van der Waals surface area contributed by atoms with Crippen molar-refractivity contribution in [2.45, 2.75) is 24.7 Å². The van der Waals surface area contributed by atoms with Crippen LogP contribution in [0.5, 0.6) is 0 Å². The van der Waals surface area contributed by atoms with E-state index >= 15 is 0 Å². The van der Waals surface area contributed by atoms with E-state index in [0.717, 1.165) is 28.9 Å². The van der Waals surface area contributed by atoms with Crippen LogP contribution in [0.4, 0.5) is 13.2 Å². The summed E-state index contributed by atoms with van der Waals surface area (Å²) in [4.78, 5) is 25.8. The van der Waals surface area contributed by atoms with Crippen LogP contribution in [0.25, 0.3) is 11.0 Å². The Kier molecular flexibility index (Phi) is 5.26. The number of carbonyl (C=O) groups is 1. The molecule has 0 amide bonds. The predicted octanol–water partition coefficient (Wildman–Crippen LogP) is 3.85. The molecule has 0 aliphatic carbocycles. The van der Waals surface area contributed by atoms with E-state index in [9.17, 15) is 18.0 Å². The van der Waals surface area contributed by atoms with Gasteiger partial charge in [0.1, 0.15) is 10.9 Å². The highest BCUT2D eigenvalue weighted by Crippen LogP contribution is 2.33. The van der Waals surface area contributed by atoms with Gasteiger partial charge >= 0.3 is 6.18 Å². The van der Waals surface area contributed by atoms with Gasteiger partial charge in [-0.2, -0.15) is 13.2 Å². The fourth-order valence-electron chi connectivity index (χ4n) is 2.20. The Balaban J connectivity index is 1.89. The predicted molar refractivity (Wildman–Crippen MR) is 94.3 cm³/mol. The number of alkyl halides is 3. The van der Waals surface area contributed by atoms with Gasteiger partial charge in [0.15, 0.2) is 11.4 Å². The molecule has 0 bridgehead atoms. The molecule has 136 valence electrons. The first-order valence-corrected chi connectivity index (χ1v) is 9.24. The van der Waals surface area contributed by atoms with Gasteiger partial charge in [-0.05, 0) is 25.1 Å². The number of ketones is 1. The first kappa shape index (κ1) is 18.7. The lowest BCUT2D eigenvalue weighted by Crippen LogP contribution is -2.07. The second-order valence-electron chi connectivity index (χ2n) is 5.35. The van der Waals surface area contributed by atoms with Crippen molar-refractivity contribution in [1.82, 2.24) is 15.0 Å². The summed E-state index contributed by atoms with van der Waals surface area (Å²) in [5.74, 6) is 0.289. The molecule has 0 atom stereocenters. The number of Topliss-reactive ketones (excluding diaryl/α,β-unsaturated/α-hetero) is 1. The minimum absolute atomic E-state index is 0.0479. The van der Waals surface area contributed by atoms with Gasteiger partial charge in [-0.25, -0.2) is 15.0 Å². The Bertz CT molecular complexity index is 972. The monoisotopic (exact) mass is 398 g/mol. The number of fused-ring (bicyclic) bond motifs is 1. The third-order valence-corrected chi connectivity index (χ3v) is 5.57. The fraction of sp³-hybridized carbons (Fsp3) is 0.250. The van der Waals surface area contributed by atoms with E-state index in [-0.39, 0.29) is 22.6 Å². The van der Waals surface area contributed by atoms with Crippen molar-refractivity contribution in [3.8, 4) is 0 Å². The number of carbonyl (C=O) groups excluding carboxylic acids is 1. The minimum atomic E-state index is -4.51. The summed E-state index contributed by atoms with van der Waals surface area (Å²) >= 11 is 2.38. The molecule has 0 radical (unpaired) electrons. The lowest BCUT2D eigenvalue weighted by molar-refractivity contribution is -0.137. The molecule has 5 nitrogen and oxygen atoms in total. The van der Waals surface area contributed by atoms with Crippen molar-refractivity contribution in [2.24, 2.45) is 5.73 Å². The standard InChI is InChI=1S/C16H13F3N4OS2/c1-8-22-14-11(4-9(6-21-14)16(17,18)19)15(23-8)25-7-12(24)13-3-2-10(5-20)26-13/h2-4,6H,5,7,20H2,1H3. The van der Waals surface area contributed by atoms with Gasteiger partial charge in [-0.3, -0.25) is 4.79 Å². The molecule has 10 heteroatoms. The van der Waals surface area contributed by atoms with E-state index in [1.165, 1.54) is 11.3 Å². The normalized spacial score (nSPS) is 11.9. The van der Waals surface area contributed by atoms with Crippen LogP contribution in [0.15, 0.2) is 29.4 Å². The Labute approximate surface area is 154 Å². The number of pyridine rings is 1. The number of nitrogens with zero attached hydrogens (tertiary/aromatic N) is 3. The number of halogens is 3. The van der Waals surface area contributed by atoms with Crippen LogP contribution in [-0.4, -0.2) is 26.5 Å². The maximum atomic E-state index is 12.9. The molecule has 2 N–H and O–H groups in total. The van der Waals surface area contributed by atoms with Crippen molar-refractivity contribution < 1.29 is 18.0 Å². The molecule has 3 aromatic rings. The minimum Gasteiger partial charge on any atom is -0.326 e. The van der Waals surface area contributed by atoms with Gasteiger partial charge in [0.25, 0.3) is 0 Å². The number of aromatic nitrogens is 3. The Morgan fingerprint density at radius 2 is 2.08 bits per heavy atom. The molecular weight excluding hydrogens is 385 g/mol. The number of thioether (sulfide) groups is 1. The first-order chi connectivity index (χ1) is 12.3. The molecule has 0 aliphatic heterocycles. The molecule has 0 aromatic carbocycles. The molecule has 3 rings (SSSR count). The third-order valence-electron chi connectivity index (χ3n) is 3.43. The van der Waals surface area contributed by atoms with Crippen LogP contribution in [0.3, 0.4) is 0 Å². The van der Waals surface area contributed by atoms with E-state index in [1.807, 2.05) is 0 Å². The van der Waals surface area contributed by atoms with Gasteiger partial charge in [-0.1, -0.05) is 11.8 Å². The molecule has 3 aromatic heterocycles. The van der Waals surface area contributed by atoms with Gasteiger partial charge < -0.3 is 5.73 Å². The number of nitrogens with two attached hydrogens (primary N) is 1. The molecule has 26 heavy (non-hydrogen) atoms. The van der Waals surface area contributed by atoms with Crippen LogP contribution >= 0.6 is 23.1 Å². The number of hydrogen-bond acceptors (Lipinski definition) is 7. The van der Waals surface area contributed by atoms with E-state index in [1.54, 1.807) is 19.1 Å². The topological polar surface area (TPSA) is 81.8 Å². The number of aryl methyl sites for hydroxylation is 1. The maximum Gasteiger partial charge on any atom is 0.417 e. The zero-order chi connectivity index (χ0) is 18.9. The van der Waals surface area contributed by atoms with Crippen molar-refractivity contribution in [3.63, 3.8) is 0 Å². The molecule has 0 saturated carbocycles. The lowest BCUT2D eigenvalue weighted by atomic mass is 10.2. The molecule has 0 fully saturated rings. The van der Waals surface area contributed by atoms with Crippen LogP contribution in [-0.2, 0) is 12.7 Å². The highest BCUT2D eigenvalue weighted by atomic mass is 32.2. The maximum absolute atomic E-state index is 12.9. The van der Waals surface area contributed by atoms with E-state index in [4.69, 9.17) is 5.73 Å². The highest BCUT2D eigenvalue weighted by Gasteiger charge is 2.31. The Hall–Kier alpha value is -2.04. The smallest absolute Gasteiger partial charge is 0.326 e. The van der Waals surface area contributed by atoms with Gasteiger partial charge in [0.2, 0.25) is 0 Å². The zero-order valence-corrected chi connectivity index (χ0v) is 15.1. The number of hydrogen-bond donors (Lipinski definition) is 1. The summed E-state index contributed by atoms with van der Waals surface area (Å²) in [6.07, 6.45) is -3.77. The van der Waals surface area contributed by atoms with E-state index in [0.29, 0.717) is 22.3 Å². The molecule has 0 unspecified atom stereocenters. The molecule has 0 spiro atoms. The average Bonchev–Trinajstić information content (AvgIpc) is 3.07. The summed E-state index contributed by atoms with van der Waals surface area (Å²) in [6.45, 7) is 1.98. The van der Waals surface area contributed by atoms with Crippen LogP contribution < -0.4 is 5.73 Å². The molecular formula is C16H13F3N4OS2. The highest BCUT2D eigenvalue weighted by molar-refractivity contribution is 8.00. The summed E-state index contributed by atoms with van der Waals surface area (Å²) in [7, 11) is 0. The molecule has 0 saturated heterocycles. The van der Waals surface area contributed by atoms with Crippen molar-refractivity contribution in [2.75, 3.05) is 5.75 Å². The zero-order valence-electron chi connectivity index (χ0n) is 13.5. The Morgan fingerprint density at radius 3 is 2.73 bits per heavy atom. The van der Waals surface area contributed by atoms with E-state index in [2.05, 4.69) is 15.0 Å². The fourth-order valence-corrected chi connectivity index (χ4v) is 4.04. The molecule has 0 aliphatic rings. The largest absolute Gasteiger partial charge is 0.417 e. The van der Waals surface area contributed by atoms with Gasteiger partial charge in [-0.15, -0.1) is 11.3 Å². The van der Waals surface area contributed by atoms with Gasteiger partial charge in [0.05, 0.1) is 21.6 Å². The summed E-state index contributed by atoms with van der Waals surface area (Å²) in [5.41, 5.74) is 4.82. The lowest BCUT2D eigenvalue weighted by Gasteiger charge is -2.09. The van der Waals surface area contributed by atoms with E-state index < -0.39 is 11.7 Å². The molecule has 3 heterocycles. The first-order valence-electron chi connectivity index (χ1n) is 7.44. The summed E-state index contributed by atoms with van der Waals surface area (Å²) < 4.78 is 38.8. The van der Waals surface area contributed by atoms with Crippen molar-refractivity contribution in [1.29, 1.82) is 0 Å². The quantitative estimate of drug-likeness (QED) is 0.399. The SMILES string of the molecule is Cc1nc(SCC(=O)c2ccc(CN)s2)c2cc(C(F)(F)F)cnc2n1. The average molecular weight is 398 g/mol. The van der Waals surface area contributed by atoms with Gasteiger partial charge in [0, 0.05) is 17.6 Å². The van der Waals surface area contributed by atoms with Crippen molar-refractivity contribution >= 4 is 39.9 Å². The second-order valence-corrected chi connectivity index (χ2v) is 7.48. The number of rotatable bonds is 5. The second kappa shape index (κ2) is 7.29. The van der Waals surface area contributed by atoms with Crippen LogP contribution in [0.2, 0.25) is 0 Å². The summed E-state index contributed by atoms with van der Waals surface area (Å²) in [5, 5.41) is 0.479. The number of thiophene rings is 1. The Morgan fingerprint density at radius 1 is 1.31 bits per heavy atom. The summed E-state index contributed by atoms with van der Waals surface area (Å²) in [6, 6.07) is 4.45. The third kappa shape index (κ3) is 4.02. The van der Waals surface area contributed by atoms with Crippen LogP contribution in [0, 0.1) is 6.92 Å². The van der Waals surface area contributed by atoms with Crippen molar-refractivity contribution in [3.05, 3.63) is 45.5 Å². The van der Waals surface area contributed by atoms with Crippen LogP contribution in [0.1, 0.15) is 25.9 Å².